The summed E-state index contributed by atoms with van der Waals surface area (Å²) in [6, 6.07) is 15.3. The number of aliphatic imine (C=N–C) groups is 1. The van der Waals surface area contributed by atoms with Crippen LogP contribution in [0.15, 0.2) is 65.9 Å². The molecule has 4 amide bonds. The van der Waals surface area contributed by atoms with Crippen LogP contribution < -0.4 is 5.43 Å². The van der Waals surface area contributed by atoms with Crippen LogP contribution >= 0.6 is 40.5 Å². The fraction of sp³-hybridized carbons (Fsp3) is 0.421. The van der Waals surface area contributed by atoms with E-state index in [0.717, 1.165) is 65.1 Å². The highest BCUT2D eigenvalue weighted by atomic mass is 32.1. The largest absolute Gasteiger partial charge is 0.452 e. The Morgan fingerprint density at radius 1 is 0.839 bits per heavy atom. The summed E-state index contributed by atoms with van der Waals surface area (Å²) in [4.78, 5) is 72.0. The molecule has 0 radical (unpaired) electrons. The van der Waals surface area contributed by atoms with Gasteiger partial charge in [-0.25, -0.2) is 35.0 Å². The third-order valence-electron chi connectivity index (χ3n) is 9.79. The molecule has 3 N–H and O–H groups in total. The second-order valence-electron chi connectivity index (χ2n) is 13.4. The van der Waals surface area contributed by atoms with Gasteiger partial charge < -0.3 is 29.4 Å². The molecule has 0 saturated carbocycles. The Hall–Kier alpha value is -4.65. The first kappa shape index (κ1) is 45.7. The molecule has 2 fully saturated rings. The van der Waals surface area contributed by atoms with Gasteiger partial charge >= 0.3 is 12.1 Å². The van der Waals surface area contributed by atoms with E-state index in [1.165, 1.54) is 25.6 Å². The summed E-state index contributed by atoms with van der Waals surface area (Å²) in [5.41, 5.74) is 8.31. The van der Waals surface area contributed by atoms with Gasteiger partial charge in [-0.1, -0.05) is 62.4 Å². The van der Waals surface area contributed by atoms with Crippen LogP contribution in [0.4, 0.5) is 9.59 Å². The SMILES string of the molecule is CCN(NC(=O)OC)C(=O)N1CCC[C@H]1c1ncc(-c2ccc(-c3ccc(-c4cnc([C@@H]5CCCN5C(=O)[C@@H](N=COOC)C(C)C)[nH]4)cc3)cc2)[nH]1.S.S.S. The van der Waals surface area contributed by atoms with E-state index in [4.69, 9.17) is 4.89 Å². The van der Waals surface area contributed by atoms with Crippen LogP contribution in [0.3, 0.4) is 0 Å². The number of nitrogens with zero attached hydrogens (tertiary/aromatic N) is 6. The lowest BCUT2D eigenvalue weighted by atomic mass is 10.0. The van der Waals surface area contributed by atoms with Crippen LogP contribution in [0.25, 0.3) is 33.6 Å². The summed E-state index contributed by atoms with van der Waals surface area (Å²) in [6.07, 6.45) is 7.41. The molecule has 4 aromatic rings. The molecule has 0 unspecified atom stereocenters. The second-order valence-corrected chi connectivity index (χ2v) is 13.4. The summed E-state index contributed by atoms with van der Waals surface area (Å²) >= 11 is 0. The minimum atomic E-state index is -0.693. The molecule has 2 saturated heterocycles. The van der Waals surface area contributed by atoms with Gasteiger partial charge in [-0.3, -0.25) is 4.79 Å². The van der Waals surface area contributed by atoms with Crippen LogP contribution in [0.5, 0.6) is 0 Å². The van der Waals surface area contributed by atoms with Crippen molar-refractivity contribution < 1.29 is 28.9 Å². The Balaban J connectivity index is 0.00000280. The van der Waals surface area contributed by atoms with Crippen molar-refractivity contribution in [3.05, 3.63) is 72.6 Å². The van der Waals surface area contributed by atoms with E-state index in [0.29, 0.717) is 25.5 Å². The maximum atomic E-state index is 13.5. The molecule has 56 heavy (non-hydrogen) atoms. The van der Waals surface area contributed by atoms with Gasteiger partial charge in [0.25, 0.3) is 0 Å². The standard InChI is InChI=1S/C38H47N9O6.3H2S/c1-6-47(44-37(49)51-4)38(50)46-20-8-10-32(46)35-40-22-30(43-35)28-17-13-26(14-18-28)25-11-15-27(16-12-25)29-21-39-34(42-29)31-9-7-19-45(31)36(48)33(24(2)3)41-23-53-52-5;;;/h11-18,21-24,31-33H,6-10,19-20H2,1-5H3,(H,39,42)(H,40,43)(H,44,49);3*1H2/t31-,32-,33-;;;/m0.../s1. The summed E-state index contributed by atoms with van der Waals surface area (Å²) < 4.78 is 4.66. The van der Waals surface area contributed by atoms with Crippen LogP contribution in [-0.4, -0.2) is 99.1 Å². The first-order valence-electron chi connectivity index (χ1n) is 18.0. The van der Waals surface area contributed by atoms with Gasteiger partial charge in [-0.05, 0) is 60.8 Å². The lowest BCUT2D eigenvalue weighted by molar-refractivity contribution is -0.188. The third kappa shape index (κ3) is 10.2. The van der Waals surface area contributed by atoms with E-state index in [1.54, 1.807) is 18.0 Å². The number of urea groups is 1. The van der Waals surface area contributed by atoms with Gasteiger partial charge in [0.1, 0.15) is 17.7 Å². The summed E-state index contributed by atoms with van der Waals surface area (Å²) in [5.74, 6) is 1.40. The number of ether oxygens (including phenoxy) is 1. The van der Waals surface area contributed by atoms with Crippen LogP contribution in [0.1, 0.15) is 70.2 Å². The Morgan fingerprint density at radius 2 is 1.32 bits per heavy atom. The van der Waals surface area contributed by atoms with Crippen molar-refractivity contribution in [3.8, 4) is 33.6 Å². The number of aromatic nitrogens is 4. The number of H-pyrrole nitrogens is 2. The normalized spacial score (nSPS) is 16.8. The van der Waals surface area contributed by atoms with Gasteiger partial charge in [0.15, 0.2) is 0 Å². The number of nitrogens with one attached hydrogen (secondary N) is 3. The third-order valence-corrected chi connectivity index (χ3v) is 9.79. The minimum Gasteiger partial charge on any atom is -0.452 e. The zero-order valence-corrected chi connectivity index (χ0v) is 35.2. The van der Waals surface area contributed by atoms with E-state index in [1.807, 2.05) is 37.1 Å². The quantitative estimate of drug-likeness (QED) is 0.0656. The van der Waals surface area contributed by atoms with Crippen LogP contribution in [0, 0.1) is 5.92 Å². The fourth-order valence-electron chi connectivity index (χ4n) is 6.98. The first-order chi connectivity index (χ1) is 25.7. The molecule has 304 valence electrons. The molecular formula is C38H53N9O6S3. The minimum absolute atomic E-state index is 0. The predicted octanol–water partition coefficient (Wildman–Crippen LogP) is 6.62. The molecule has 2 aliphatic heterocycles. The molecule has 0 aliphatic carbocycles. The Morgan fingerprint density at radius 3 is 1.79 bits per heavy atom. The fourth-order valence-corrected chi connectivity index (χ4v) is 6.98. The number of hydrazine groups is 1. The van der Waals surface area contributed by atoms with Gasteiger partial charge in [0, 0.05) is 19.6 Å². The van der Waals surface area contributed by atoms with Crippen molar-refractivity contribution in [1.82, 2.24) is 40.2 Å². The molecule has 18 heteroatoms. The number of carbonyl (C=O) groups is 3. The molecule has 0 spiro atoms. The molecule has 2 aliphatic rings. The lowest BCUT2D eigenvalue weighted by Gasteiger charge is -2.30. The number of aromatic amines is 2. The number of hydrogen-bond donors (Lipinski definition) is 3. The van der Waals surface area contributed by atoms with Gasteiger partial charge in [0.2, 0.25) is 12.3 Å². The molecule has 4 heterocycles. The maximum Gasteiger partial charge on any atom is 0.425 e. The number of hydrogen-bond acceptors (Lipinski definition) is 9. The van der Waals surface area contributed by atoms with Crippen molar-refractivity contribution in [2.75, 3.05) is 33.9 Å². The van der Waals surface area contributed by atoms with Gasteiger partial charge in [-0.2, -0.15) is 45.4 Å². The molecule has 0 bridgehead atoms. The number of imidazole rings is 2. The molecular weight excluding hydrogens is 775 g/mol. The molecule has 6 rings (SSSR count). The number of carbonyl (C=O) groups excluding carboxylic acids is 3. The Labute approximate surface area is 348 Å². The highest BCUT2D eigenvalue weighted by Crippen LogP contribution is 2.35. The van der Waals surface area contributed by atoms with E-state index in [-0.39, 0.29) is 70.4 Å². The van der Waals surface area contributed by atoms with Gasteiger partial charge in [-0.15, -0.1) is 0 Å². The van der Waals surface area contributed by atoms with Crippen LogP contribution in [0.2, 0.25) is 0 Å². The number of rotatable bonds is 11. The Bertz CT molecular complexity index is 1900. The smallest absolute Gasteiger partial charge is 0.425 e. The number of benzene rings is 2. The lowest BCUT2D eigenvalue weighted by Crippen LogP contribution is -2.51. The zero-order valence-electron chi connectivity index (χ0n) is 32.2. The topological polar surface area (TPSA) is 170 Å². The average molecular weight is 828 g/mol. The average Bonchev–Trinajstić information content (AvgIpc) is 4.02. The second kappa shape index (κ2) is 21.0. The number of amides is 4. The molecule has 2 aromatic carbocycles. The summed E-state index contributed by atoms with van der Waals surface area (Å²) in [6.45, 7) is 7.22. The monoisotopic (exact) mass is 827 g/mol. The van der Waals surface area contributed by atoms with Crippen molar-refractivity contribution >= 4 is 64.9 Å². The molecule has 15 nitrogen and oxygen atoms in total. The zero-order chi connectivity index (χ0) is 37.5. The van der Waals surface area contributed by atoms with Crippen molar-refractivity contribution in [2.45, 2.75) is 64.6 Å². The van der Waals surface area contributed by atoms with Crippen molar-refractivity contribution in [3.63, 3.8) is 0 Å². The summed E-state index contributed by atoms with van der Waals surface area (Å²) in [7, 11) is 2.65. The molecule has 3 atom stereocenters. The van der Waals surface area contributed by atoms with Crippen LogP contribution in [-0.2, 0) is 19.3 Å². The number of methoxy groups -OCH3 is 1. The maximum absolute atomic E-state index is 13.5. The van der Waals surface area contributed by atoms with E-state index >= 15 is 0 Å². The predicted molar refractivity (Wildman–Crippen MR) is 229 cm³/mol. The Kier molecular flexibility index (Phi) is 17.2. The number of likely N-dealkylation sites (tertiary alicyclic amines) is 2. The van der Waals surface area contributed by atoms with E-state index in [9.17, 15) is 14.4 Å². The van der Waals surface area contributed by atoms with E-state index in [2.05, 4.69) is 76.4 Å². The van der Waals surface area contributed by atoms with E-state index < -0.39 is 12.1 Å². The highest BCUT2D eigenvalue weighted by Gasteiger charge is 2.37. The van der Waals surface area contributed by atoms with Crippen molar-refractivity contribution in [1.29, 1.82) is 0 Å². The molecule has 2 aromatic heterocycles. The highest BCUT2D eigenvalue weighted by molar-refractivity contribution is 7.59. The van der Waals surface area contributed by atoms with Crippen molar-refractivity contribution in [2.24, 2.45) is 10.9 Å². The summed E-state index contributed by atoms with van der Waals surface area (Å²) in [5, 5.41) is 1.25. The van der Waals surface area contributed by atoms with Gasteiger partial charge in [0.05, 0.1) is 50.1 Å². The first-order valence-corrected chi connectivity index (χ1v) is 18.0.